The quantitative estimate of drug-likeness (QED) is 0.193. The number of methoxy groups -OCH3 is 1. The molecule has 0 aliphatic heterocycles. The number of unbranched alkanes of at least 4 members (excludes halogenated alkanes) is 1. The minimum absolute atomic E-state index is 0.174. The number of anilines is 1. The van der Waals surface area contributed by atoms with Crippen LogP contribution in [0.25, 0.3) is 5.82 Å². The summed E-state index contributed by atoms with van der Waals surface area (Å²) >= 11 is 10.7. The fourth-order valence-electron chi connectivity index (χ4n) is 3.45. The lowest BCUT2D eigenvalue weighted by atomic mass is 10.1. The van der Waals surface area contributed by atoms with Crippen LogP contribution in [0.1, 0.15) is 56.6 Å². The van der Waals surface area contributed by atoms with Crippen molar-refractivity contribution in [1.29, 1.82) is 0 Å². The lowest BCUT2D eigenvalue weighted by Crippen LogP contribution is -2.18. The zero-order valence-corrected chi connectivity index (χ0v) is 23.2. The number of aryl methyl sites for hydroxylation is 1. The number of ether oxygens (including phenoxy) is 1. The monoisotopic (exact) mass is 596 g/mol. The van der Waals surface area contributed by atoms with Crippen molar-refractivity contribution in [3.8, 4) is 17.7 Å². The maximum Gasteiger partial charge on any atom is 0.340 e. The smallest absolute Gasteiger partial charge is 0.340 e. The number of hydrogen-bond acceptors (Lipinski definition) is 6. The Labute approximate surface area is 232 Å². The molecule has 7 nitrogen and oxygen atoms in total. The third-order valence-corrected chi connectivity index (χ3v) is 6.97. The zero-order valence-electron chi connectivity index (χ0n) is 20.0. The number of carbonyl (C=O) groups is 2. The number of pyridine rings is 1. The summed E-state index contributed by atoms with van der Waals surface area (Å²) in [5.74, 6) is 5.41. The third-order valence-electron chi connectivity index (χ3n) is 5.32. The van der Waals surface area contributed by atoms with Gasteiger partial charge >= 0.3 is 5.97 Å². The first kappa shape index (κ1) is 26.6. The highest BCUT2D eigenvalue weighted by Gasteiger charge is 2.23. The lowest BCUT2D eigenvalue weighted by Gasteiger charge is -2.08. The molecule has 0 unspecified atom stereocenters. The molecule has 188 valence electrons. The van der Waals surface area contributed by atoms with Gasteiger partial charge in [-0.05, 0) is 64.7 Å². The molecule has 0 fully saturated rings. The van der Waals surface area contributed by atoms with E-state index in [2.05, 4.69) is 62.2 Å². The number of rotatable bonds is 7. The molecule has 0 atom stereocenters. The van der Waals surface area contributed by atoms with Gasteiger partial charge in [0.25, 0.3) is 5.91 Å². The Morgan fingerprint density at radius 3 is 2.68 bits per heavy atom. The SMILES string of the molecule is CCCCc1ccc(C#Cc2cc(C(=O)OC)c(NC(=O)c3cc(Br)nn3-c3ncccc3Cl)s2)cc1. The summed E-state index contributed by atoms with van der Waals surface area (Å²) in [5, 5.41) is 7.71. The van der Waals surface area contributed by atoms with Crippen molar-refractivity contribution in [1.82, 2.24) is 14.8 Å². The van der Waals surface area contributed by atoms with Crippen molar-refractivity contribution in [2.75, 3.05) is 12.4 Å². The summed E-state index contributed by atoms with van der Waals surface area (Å²) in [6.07, 6.45) is 4.90. The molecule has 3 heterocycles. The molecule has 37 heavy (non-hydrogen) atoms. The summed E-state index contributed by atoms with van der Waals surface area (Å²) in [4.78, 5) is 30.5. The second-order valence-corrected chi connectivity index (χ2v) is 10.2. The van der Waals surface area contributed by atoms with Crippen LogP contribution in [-0.4, -0.2) is 33.8 Å². The van der Waals surface area contributed by atoms with Gasteiger partial charge in [0.2, 0.25) is 0 Å². The molecule has 1 amide bonds. The molecular formula is C27H22BrClN4O3S. The van der Waals surface area contributed by atoms with Gasteiger partial charge in [0.1, 0.15) is 15.3 Å². The van der Waals surface area contributed by atoms with E-state index in [1.807, 2.05) is 12.1 Å². The van der Waals surface area contributed by atoms with Crippen LogP contribution in [0.4, 0.5) is 5.00 Å². The van der Waals surface area contributed by atoms with E-state index in [9.17, 15) is 9.59 Å². The number of carbonyl (C=O) groups excluding carboxylic acids is 2. The average Bonchev–Trinajstić information content (AvgIpc) is 3.49. The van der Waals surface area contributed by atoms with E-state index in [0.717, 1.165) is 24.8 Å². The van der Waals surface area contributed by atoms with E-state index in [1.54, 1.807) is 24.4 Å². The number of benzene rings is 1. The number of thiophene rings is 1. The topological polar surface area (TPSA) is 86.1 Å². The van der Waals surface area contributed by atoms with Crippen LogP contribution in [0.5, 0.6) is 0 Å². The van der Waals surface area contributed by atoms with E-state index in [4.69, 9.17) is 16.3 Å². The number of halogens is 2. The number of nitrogens with zero attached hydrogens (tertiary/aromatic N) is 3. The molecule has 4 aromatic rings. The molecule has 4 rings (SSSR count). The van der Waals surface area contributed by atoms with Crippen molar-refractivity contribution < 1.29 is 14.3 Å². The Hall–Kier alpha value is -3.45. The van der Waals surface area contributed by atoms with Crippen LogP contribution in [-0.2, 0) is 11.2 Å². The number of hydrogen-bond donors (Lipinski definition) is 1. The Bertz CT molecular complexity index is 1500. The van der Waals surface area contributed by atoms with Gasteiger partial charge in [0.15, 0.2) is 5.82 Å². The molecule has 1 N–H and O–H groups in total. The van der Waals surface area contributed by atoms with Crippen molar-refractivity contribution in [3.63, 3.8) is 0 Å². The molecule has 3 aromatic heterocycles. The maximum absolute atomic E-state index is 13.2. The molecule has 0 aliphatic carbocycles. The van der Waals surface area contributed by atoms with Crippen LogP contribution >= 0.6 is 38.9 Å². The van der Waals surface area contributed by atoms with Gasteiger partial charge < -0.3 is 10.1 Å². The molecule has 0 spiro atoms. The van der Waals surface area contributed by atoms with E-state index in [1.165, 1.54) is 34.8 Å². The molecule has 0 saturated carbocycles. The van der Waals surface area contributed by atoms with Crippen LogP contribution in [0.15, 0.2) is 59.3 Å². The van der Waals surface area contributed by atoms with Crippen LogP contribution in [0.3, 0.4) is 0 Å². The second kappa shape index (κ2) is 12.2. The first-order chi connectivity index (χ1) is 17.9. The van der Waals surface area contributed by atoms with Gasteiger partial charge in [-0.1, -0.05) is 48.9 Å². The zero-order chi connectivity index (χ0) is 26.4. The van der Waals surface area contributed by atoms with Crippen LogP contribution in [0.2, 0.25) is 5.02 Å². The van der Waals surface area contributed by atoms with Crippen LogP contribution in [0, 0.1) is 11.8 Å². The Morgan fingerprint density at radius 2 is 1.97 bits per heavy atom. The summed E-state index contributed by atoms with van der Waals surface area (Å²) in [5.41, 5.74) is 2.52. The van der Waals surface area contributed by atoms with Crippen molar-refractivity contribution >= 4 is 55.7 Å². The number of esters is 1. The van der Waals surface area contributed by atoms with Crippen molar-refractivity contribution in [3.05, 3.63) is 91.6 Å². The van der Waals surface area contributed by atoms with Gasteiger partial charge in [-0.3, -0.25) is 4.79 Å². The molecule has 0 radical (unpaired) electrons. The fourth-order valence-corrected chi connectivity index (χ4v) is 4.92. The minimum atomic E-state index is -0.581. The highest BCUT2D eigenvalue weighted by molar-refractivity contribution is 9.10. The Balaban J connectivity index is 1.60. The predicted octanol–water partition coefficient (Wildman–Crippen LogP) is 6.53. The lowest BCUT2D eigenvalue weighted by molar-refractivity contribution is 0.0602. The van der Waals surface area contributed by atoms with Gasteiger partial charge in [0, 0.05) is 17.8 Å². The molecule has 0 saturated heterocycles. The second-order valence-electron chi connectivity index (χ2n) is 7.92. The highest BCUT2D eigenvalue weighted by atomic mass is 79.9. The highest BCUT2D eigenvalue weighted by Crippen LogP contribution is 2.30. The van der Waals surface area contributed by atoms with E-state index in [0.29, 0.717) is 25.3 Å². The predicted molar refractivity (Wildman–Crippen MR) is 149 cm³/mol. The molecule has 0 bridgehead atoms. The first-order valence-corrected chi connectivity index (χ1v) is 13.4. The average molecular weight is 598 g/mol. The number of nitrogens with one attached hydrogen (secondary N) is 1. The standard InChI is InChI=1S/C27H22BrClN4O3S/c1-3-4-6-17-8-10-18(11-9-17)12-13-19-15-20(27(35)36-2)26(37-19)31-25(34)22-16-23(28)32-33(22)24-21(29)7-5-14-30-24/h5,7-11,14-16H,3-4,6H2,1-2H3,(H,31,34). The van der Waals surface area contributed by atoms with E-state index >= 15 is 0 Å². The van der Waals surface area contributed by atoms with Gasteiger partial charge in [-0.25, -0.2) is 14.5 Å². The largest absolute Gasteiger partial charge is 0.465 e. The Morgan fingerprint density at radius 1 is 1.19 bits per heavy atom. The van der Waals surface area contributed by atoms with Crippen LogP contribution < -0.4 is 5.32 Å². The molecule has 0 aliphatic rings. The number of amides is 1. The van der Waals surface area contributed by atoms with Crippen molar-refractivity contribution in [2.24, 2.45) is 0 Å². The van der Waals surface area contributed by atoms with E-state index < -0.39 is 11.9 Å². The minimum Gasteiger partial charge on any atom is -0.465 e. The van der Waals surface area contributed by atoms with Gasteiger partial charge in [0.05, 0.1) is 22.6 Å². The normalized spacial score (nSPS) is 10.5. The fraction of sp³-hybridized carbons (Fsp3) is 0.185. The van der Waals surface area contributed by atoms with Crippen molar-refractivity contribution in [2.45, 2.75) is 26.2 Å². The third kappa shape index (κ3) is 6.46. The van der Waals surface area contributed by atoms with Gasteiger partial charge in [-0.2, -0.15) is 5.10 Å². The van der Waals surface area contributed by atoms with Gasteiger partial charge in [-0.15, -0.1) is 11.3 Å². The summed E-state index contributed by atoms with van der Waals surface area (Å²) in [7, 11) is 1.28. The summed E-state index contributed by atoms with van der Waals surface area (Å²) in [6.45, 7) is 2.17. The summed E-state index contributed by atoms with van der Waals surface area (Å²) < 4.78 is 6.67. The molecular weight excluding hydrogens is 576 g/mol. The maximum atomic E-state index is 13.2. The molecule has 1 aromatic carbocycles. The number of aromatic nitrogens is 3. The summed E-state index contributed by atoms with van der Waals surface area (Å²) in [6, 6.07) is 14.6. The van der Waals surface area contributed by atoms with E-state index in [-0.39, 0.29) is 11.3 Å². The first-order valence-electron chi connectivity index (χ1n) is 11.4. The Kier molecular flexibility index (Phi) is 8.77. The molecule has 10 heteroatoms.